The Morgan fingerprint density at radius 3 is 2.44 bits per heavy atom. The smallest absolute Gasteiger partial charge is 0.242 e. The molecule has 1 N–H and O–H groups in total. The van der Waals surface area contributed by atoms with Crippen molar-refractivity contribution in [3.05, 3.63) is 48.0 Å². The van der Waals surface area contributed by atoms with Crippen molar-refractivity contribution in [3.8, 4) is 17.2 Å². The number of carbonyl (C=O) groups excluding carboxylic acids is 2. The highest BCUT2D eigenvalue weighted by molar-refractivity contribution is 7.92. The minimum Gasteiger partial charge on any atom is -0.497 e. The third-order valence-corrected chi connectivity index (χ3v) is 8.37. The zero-order chi connectivity index (χ0) is 28.0. The minimum atomic E-state index is -3.62. The molecule has 2 aliphatic rings. The Hall–Kier alpha value is -3.47. The van der Waals surface area contributed by atoms with E-state index in [0.29, 0.717) is 22.9 Å². The molecule has 2 amide bonds. The molecule has 2 aromatic rings. The molecule has 0 radical (unpaired) electrons. The molecular formula is C28H37N3O7S. The molecule has 1 aliphatic carbocycles. The lowest BCUT2D eigenvalue weighted by Crippen LogP contribution is -2.49. The Kier molecular flexibility index (Phi) is 9.21. The SMILES string of the molecule is COc1ccc(CN(C(=O)CCCN(c2ccc3c(c2)OCO3)S(C)(=O)=O)[C@@H](C)C(=O)NC2CCCC2)cc1. The summed E-state index contributed by atoms with van der Waals surface area (Å²) >= 11 is 0. The summed E-state index contributed by atoms with van der Waals surface area (Å²) in [6.45, 7) is 2.17. The number of ether oxygens (including phenoxy) is 3. The molecule has 0 aromatic heterocycles. The lowest BCUT2D eigenvalue weighted by molar-refractivity contribution is -0.141. The Morgan fingerprint density at radius 1 is 1.08 bits per heavy atom. The van der Waals surface area contributed by atoms with Crippen molar-refractivity contribution < 1.29 is 32.2 Å². The number of methoxy groups -OCH3 is 1. The van der Waals surface area contributed by atoms with E-state index in [1.165, 1.54) is 4.31 Å². The number of anilines is 1. The Morgan fingerprint density at radius 2 is 1.77 bits per heavy atom. The van der Waals surface area contributed by atoms with Crippen LogP contribution in [0.15, 0.2) is 42.5 Å². The summed E-state index contributed by atoms with van der Waals surface area (Å²) in [6, 6.07) is 11.8. The largest absolute Gasteiger partial charge is 0.497 e. The van der Waals surface area contributed by atoms with Crippen LogP contribution in [0.1, 0.15) is 51.0 Å². The third-order valence-electron chi connectivity index (χ3n) is 7.18. The second-order valence-electron chi connectivity index (χ2n) is 10.0. The topological polar surface area (TPSA) is 114 Å². The lowest BCUT2D eigenvalue weighted by Gasteiger charge is -2.30. The van der Waals surface area contributed by atoms with E-state index < -0.39 is 16.1 Å². The van der Waals surface area contributed by atoms with Gasteiger partial charge in [0.1, 0.15) is 11.8 Å². The van der Waals surface area contributed by atoms with E-state index in [-0.39, 0.29) is 50.6 Å². The number of nitrogens with zero attached hydrogens (tertiary/aromatic N) is 2. The van der Waals surface area contributed by atoms with Gasteiger partial charge in [0.05, 0.1) is 19.1 Å². The number of rotatable bonds is 12. The first-order chi connectivity index (χ1) is 18.7. The number of fused-ring (bicyclic) bond motifs is 1. The number of nitrogens with one attached hydrogen (secondary N) is 1. The molecule has 0 saturated heterocycles. The van der Waals surface area contributed by atoms with E-state index in [0.717, 1.165) is 37.5 Å². The molecule has 11 heteroatoms. The number of hydrogen-bond donors (Lipinski definition) is 1. The molecule has 1 fully saturated rings. The van der Waals surface area contributed by atoms with Gasteiger partial charge in [-0.05, 0) is 56.0 Å². The lowest BCUT2D eigenvalue weighted by atomic mass is 10.1. The van der Waals surface area contributed by atoms with Crippen LogP contribution in [0.25, 0.3) is 0 Å². The quantitative estimate of drug-likeness (QED) is 0.424. The summed E-state index contributed by atoms with van der Waals surface area (Å²) in [5, 5.41) is 3.09. The van der Waals surface area contributed by atoms with E-state index in [1.807, 2.05) is 24.3 Å². The molecule has 2 aromatic carbocycles. The fourth-order valence-corrected chi connectivity index (χ4v) is 5.90. The van der Waals surface area contributed by atoms with Gasteiger partial charge in [-0.1, -0.05) is 25.0 Å². The molecule has 1 heterocycles. The molecule has 1 aliphatic heterocycles. The second kappa shape index (κ2) is 12.6. The van der Waals surface area contributed by atoms with Gasteiger partial charge in [0.25, 0.3) is 0 Å². The van der Waals surface area contributed by atoms with Gasteiger partial charge < -0.3 is 24.4 Å². The van der Waals surface area contributed by atoms with Crippen LogP contribution in [0, 0.1) is 0 Å². The maximum atomic E-state index is 13.5. The summed E-state index contributed by atoms with van der Waals surface area (Å²) in [5.41, 5.74) is 1.30. The van der Waals surface area contributed by atoms with Gasteiger partial charge in [0.15, 0.2) is 11.5 Å². The minimum absolute atomic E-state index is 0.0772. The zero-order valence-electron chi connectivity index (χ0n) is 22.7. The normalized spacial score (nSPS) is 15.6. The second-order valence-corrected chi connectivity index (χ2v) is 11.9. The number of sulfonamides is 1. The van der Waals surface area contributed by atoms with Crippen LogP contribution in [0.3, 0.4) is 0 Å². The van der Waals surface area contributed by atoms with Crippen LogP contribution in [0.5, 0.6) is 17.2 Å². The first-order valence-electron chi connectivity index (χ1n) is 13.3. The fraction of sp³-hybridized carbons (Fsp3) is 0.500. The molecule has 0 unspecified atom stereocenters. The molecule has 10 nitrogen and oxygen atoms in total. The molecular weight excluding hydrogens is 522 g/mol. The number of carbonyl (C=O) groups is 2. The predicted octanol–water partition coefficient (Wildman–Crippen LogP) is 3.45. The maximum absolute atomic E-state index is 13.5. The summed E-state index contributed by atoms with van der Waals surface area (Å²) in [4.78, 5) is 28.2. The van der Waals surface area contributed by atoms with Crippen LogP contribution in [0.2, 0.25) is 0 Å². The maximum Gasteiger partial charge on any atom is 0.242 e. The third kappa shape index (κ3) is 7.35. The van der Waals surface area contributed by atoms with Crippen LogP contribution in [0.4, 0.5) is 5.69 Å². The number of hydrogen-bond acceptors (Lipinski definition) is 7. The molecule has 1 atom stereocenters. The van der Waals surface area contributed by atoms with Crippen LogP contribution in [-0.4, -0.2) is 63.9 Å². The van der Waals surface area contributed by atoms with Gasteiger partial charge in [0.2, 0.25) is 28.6 Å². The highest BCUT2D eigenvalue weighted by Gasteiger charge is 2.29. The Labute approximate surface area is 230 Å². The molecule has 212 valence electrons. The first-order valence-corrected chi connectivity index (χ1v) is 15.1. The monoisotopic (exact) mass is 559 g/mol. The fourth-order valence-electron chi connectivity index (χ4n) is 4.95. The summed E-state index contributed by atoms with van der Waals surface area (Å²) in [5.74, 6) is 1.33. The Balaban J connectivity index is 1.45. The summed E-state index contributed by atoms with van der Waals surface area (Å²) < 4.78 is 42.4. The first kappa shape index (κ1) is 28.5. The Bertz CT molecular complexity index is 1260. The van der Waals surface area contributed by atoms with Gasteiger partial charge >= 0.3 is 0 Å². The van der Waals surface area contributed by atoms with Gasteiger partial charge in [-0.2, -0.15) is 0 Å². The predicted molar refractivity (Wildman–Crippen MR) is 147 cm³/mol. The standard InChI is InChI=1S/C28H37N3O7S/c1-20(28(33)29-22-7-4-5-8-22)30(18-21-10-13-24(36-2)14-11-21)27(32)9-6-16-31(39(3,34)35)23-12-15-25-26(17-23)38-19-37-25/h10-15,17,20,22H,4-9,16,18-19H2,1-3H3,(H,29,33)/t20-/m0/s1. The highest BCUT2D eigenvalue weighted by Crippen LogP contribution is 2.36. The average molecular weight is 560 g/mol. The van der Waals surface area contributed by atoms with E-state index in [2.05, 4.69) is 5.32 Å². The van der Waals surface area contributed by atoms with E-state index >= 15 is 0 Å². The van der Waals surface area contributed by atoms with Gasteiger partial charge in [0, 0.05) is 31.6 Å². The van der Waals surface area contributed by atoms with Gasteiger partial charge in [-0.15, -0.1) is 0 Å². The van der Waals surface area contributed by atoms with Crippen molar-refractivity contribution in [2.45, 2.75) is 64.1 Å². The average Bonchev–Trinajstić information content (AvgIpc) is 3.60. The van der Waals surface area contributed by atoms with Crippen molar-refractivity contribution in [2.75, 3.05) is 31.0 Å². The molecule has 0 spiro atoms. The number of benzene rings is 2. The zero-order valence-corrected chi connectivity index (χ0v) is 23.5. The van der Waals surface area contributed by atoms with Crippen molar-refractivity contribution in [3.63, 3.8) is 0 Å². The van der Waals surface area contributed by atoms with Crippen molar-refractivity contribution in [2.24, 2.45) is 0 Å². The van der Waals surface area contributed by atoms with Crippen molar-refractivity contribution in [1.82, 2.24) is 10.2 Å². The van der Waals surface area contributed by atoms with Crippen molar-refractivity contribution in [1.29, 1.82) is 0 Å². The van der Waals surface area contributed by atoms with Crippen LogP contribution < -0.4 is 23.8 Å². The molecule has 39 heavy (non-hydrogen) atoms. The van der Waals surface area contributed by atoms with Gasteiger partial charge in [-0.3, -0.25) is 13.9 Å². The molecule has 1 saturated carbocycles. The highest BCUT2D eigenvalue weighted by atomic mass is 32.2. The molecule has 4 rings (SSSR count). The summed E-state index contributed by atoms with van der Waals surface area (Å²) in [7, 11) is -2.03. The van der Waals surface area contributed by atoms with E-state index in [1.54, 1.807) is 37.1 Å². The van der Waals surface area contributed by atoms with E-state index in [9.17, 15) is 18.0 Å². The van der Waals surface area contributed by atoms with Gasteiger partial charge in [-0.25, -0.2) is 8.42 Å². The number of amides is 2. The van der Waals surface area contributed by atoms with Crippen LogP contribution >= 0.6 is 0 Å². The van der Waals surface area contributed by atoms with Crippen molar-refractivity contribution >= 4 is 27.5 Å². The van der Waals surface area contributed by atoms with E-state index in [4.69, 9.17) is 14.2 Å². The molecule has 0 bridgehead atoms. The summed E-state index contributed by atoms with van der Waals surface area (Å²) in [6.07, 6.45) is 5.56. The van der Waals surface area contributed by atoms with Crippen LogP contribution in [-0.2, 0) is 26.2 Å².